The second-order valence-electron chi connectivity index (χ2n) is 4.82. The topological polar surface area (TPSA) is 37.3 Å². The molecule has 2 nitrogen and oxygen atoms in total. The molecule has 0 unspecified atom stereocenters. The van der Waals surface area contributed by atoms with Crippen molar-refractivity contribution in [2.75, 3.05) is 0 Å². The van der Waals surface area contributed by atoms with Gasteiger partial charge in [-0.05, 0) is 49.2 Å². The summed E-state index contributed by atoms with van der Waals surface area (Å²) in [6, 6.07) is 7.94. The Morgan fingerprint density at radius 2 is 1.76 bits per heavy atom. The number of aromatic hydroxyl groups is 1. The molecule has 0 amide bonds. The molecule has 0 fully saturated rings. The predicted octanol–water partition coefficient (Wildman–Crippen LogP) is 4.59. The van der Waals surface area contributed by atoms with Crippen LogP contribution in [0.25, 0.3) is 11.1 Å². The lowest BCUT2D eigenvalue weighted by atomic mass is 9.96. The fourth-order valence-electron chi connectivity index (χ4n) is 2.08. The molecule has 2 aromatic carbocycles. The highest BCUT2D eigenvalue weighted by atomic mass is 19.4. The molecule has 0 spiro atoms. The molecule has 0 saturated heterocycles. The number of rotatable bonds is 2. The number of Topliss-reactive ketones (excluding diaryl/α,β-unsaturated/α-hetero) is 1. The fraction of sp³-hybridized carbons (Fsp3) is 0.188. The molecule has 0 atom stereocenters. The minimum Gasteiger partial charge on any atom is -0.507 e. The van der Waals surface area contributed by atoms with Crippen molar-refractivity contribution in [3.63, 3.8) is 0 Å². The summed E-state index contributed by atoms with van der Waals surface area (Å²) >= 11 is 0. The van der Waals surface area contributed by atoms with E-state index in [4.69, 9.17) is 0 Å². The maximum atomic E-state index is 12.9. The van der Waals surface area contributed by atoms with Crippen molar-refractivity contribution in [1.82, 2.24) is 0 Å². The second-order valence-corrected chi connectivity index (χ2v) is 4.82. The number of carbonyl (C=O) groups excluding carboxylic acids is 1. The van der Waals surface area contributed by atoms with Crippen molar-refractivity contribution in [2.45, 2.75) is 20.0 Å². The number of hydrogen-bond acceptors (Lipinski definition) is 2. The first-order valence-corrected chi connectivity index (χ1v) is 6.22. The van der Waals surface area contributed by atoms with Crippen LogP contribution in [-0.2, 0) is 6.18 Å². The van der Waals surface area contributed by atoms with E-state index in [0.29, 0.717) is 5.56 Å². The van der Waals surface area contributed by atoms with Gasteiger partial charge >= 0.3 is 6.18 Å². The van der Waals surface area contributed by atoms with E-state index in [-0.39, 0.29) is 28.2 Å². The molecule has 0 aliphatic carbocycles. The number of carbonyl (C=O) groups is 1. The van der Waals surface area contributed by atoms with E-state index >= 15 is 0 Å². The first-order chi connectivity index (χ1) is 9.70. The van der Waals surface area contributed by atoms with Crippen LogP contribution in [0.4, 0.5) is 13.2 Å². The second kappa shape index (κ2) is 5.24. The molecule has 0 heterocycles. The van der Waals surface area contributed by atoms with E-state index in [2.05, 4.69) is 0 Å². The molecule has 110 valence electrons. The van der Waals surface area contributed by atoms with E-state index in [1.165, 1.54) is 44.2 Å². The Labute approximate surface area is 119 Å². The van der Waals surface area contributed by atoms with Gasteiger partial charge in [0.05, 0.1) is 5.56 Å². The smallest absolute Gasteiger partial charge is 0.416 e. The van der Waals surface area contributed by atoms with Gasteiger partial charge in [0, 0.05) is 11.1 Å². The summed E-state index contributed by atoms with van der Waals surface area (Å²) in [5.74, 6) is -0.392. The van der Waals surface area contributed by atoms with E-state index in [1.807, 2.05) is 0 Å². The molecule has 0 radical (unpaired) electrons. The van der Waals surface area contributed by atoms with Gasteiger partial charge < -0.3 is 5.11 Å². The number of halogens is 3. The Balaban J connectivity index is 2.62. The predicted molar refractivity (Wildman–Crippen MR) is 73.3 cm³/mol. The van der Waals surface area contributed by atoms with Gasteiger partial charge in [0.25, 0.3) is 0 Å². The quantitative estimate of drug-likeness (QED) is 0.823. The van der Waals surface area contributed by atoms with E-state index in [0.717, 1.165) is 6.07 Å². The summed E-state index contributed by atoms with van der Waals surface area (Å²) in [5.41, 5.74) is 0.0970. The van der Waals surface area contributed by atoms with Gasteiger partial charge in [-0.25, -0.2) is 0 Å². The molecule has 1 N–H and O–H groups in total. The lowest BCUT2D eigenvalue weighted by molar-refractivity contribution is -0.138. The van der Waals surface area contributed by atoms with Crippen molar-refractivity contribution >= 4 is 5.78 Å². The highest BCUT2D eigenvalue weighted by Crippen LogP contribution is 2.37. The monoisotopic (exact) mass is 294 g/mol. The number of phenols is 1. The molecule has 21 heavy (non-hydrogen) atoms. The molecule has 5 heteroatoms. The molecule has 0 aromatic heterocycles. The molecule has 0 saturated carbocycles. The third kappa shape index (κ3) is 3.07. The number of aryl methyl sites for hydroxylation is 1. The third-order valence-electron chi connectivity index (χ3n) is 3.26. The van der Waals surface area contributed by atoms with Crippen LogP contribution >= 0.6 is 0 Å². The zero-order chi connectivity index (χ0) is 15.8. The van der Waals surface area contributed by atoms with Crippen LogP contribution < -0.4 is 0 Å². The molecule has 2 rings (SSSR count). The van der Waals surface area contributed by atoms with Crippen LogP contribution in [0.3, 0.4) is 0 Å². The van der Waals surface area contributed by atoms with Crippen LogP contribution in [-0.4, -0.2) is 10.9 Å². The summed E-state index contributed by atoms with van der Waals surface area (Å²) < 4.78 is 38.8. The van der Waals surface area contributed by atoms with Gasteiger partial charge in [0.15, 0.2) is 5.78 Å². The highest BCUT2D eigenvalue weighted by Gasteiger charge is 2.32. The third-order valence-corrected chi connectivity index (χ3v) is 3.26. The zero-order valence-corrected chi connectivity index (χ0v) is 11.5. The van der Waals surface area contributed by atoms with Crippen molar-refractivity contribution < 1.29 is 23.1 Å². The van der Waals surface area contributed by atoms with Crippen molar-refractivity contribution in [1.29, 1.82) is 0 Å². The fourth-order valence-corrected chi connectivity index (χ4v) is 2.08. The number of phenolic OH excluding ortho intramolecular Hbond substituents is 1. The number of alkyl halides is 3. The summed E-state index contributed by atoms with van der Waals surface area (Å²) in [5, 5.41) is 9.84. The van der Waals surface area contributed by atoms with Crippen LogP contribution in [0, 0.1) is 6.92 Å². The summed E-state index contributed by atoms with van der Waals surface area (Å²) in [6.45, 7) is 2.73. The van der Waals surface area contributed by atoms with Gasteiger partial charge in [-0.15, -0.1) is 0 Å². The Kier molecular flexibility index (Phi) is 3.77. The maximum Gasteiger partial charge on any atom is 0.416 e. The van der Waals surface area contributed by atoms with Gasteiger partial charge in [-0.2, -0.15) is 13.2 Å². The average Bonchev–Trinajstić information content (AvgIpc) is 2.38. The minimum absolute atomic E-state index is 0.105. The SMILES string of the molecule is CC(=O)c1ccc(O)c(-c2ccc(C)c(C(F)(F)F)c2)c1. The van der Waals surface area contributed by atoms with Gasteiger partial charge in [0.2, 0.25) is 0 Å². The van der Waals surface area contributed by atoms with Crippen molar-refractivity contribution in [3.8, 4) is 16.9 Å². The normalized spacial score (nSPS) is 11.5. The van der Waals surface area contributed by atoms with Crippen LogP contribution in [0.1, 0.15) is 28.4 Å². The van der Waals surface area contributed by atoms with Gasteiger partial charge in [-0.1, -0.05) is 12.1 Å². The average molecular weight is 294 g/mol. The van der Waals surface area contributed by atoms with Gasteiger partial charge in [-0.3, -0.25) is 4.79 Å². The Bertz CT molecular complexity index is 703. The number of hydrogen-bond donors (Lipinski definition) is 1. The first kappa shape index (κ1) is 15.1. The molecule has 0 aliphatic heterocycles. The van der Waals surface area contributed by atoms with Crippen LogP contribution in [0.2, 0.25) is 0 Å². The Hall–Kier alpha value is -2.30. The van der Waals surface area contributed by atoms with Crippen LogP contribution in [0.15, 0.2) is 36.4 Å². The summed E-state index contributed by atoms with van der Waals surface area (Å²) in [6.07, 6.45) is -4.46. The molecule has 0 aliphatic rings. The largest absolute Gasteiger partial charge is 0.507 e. The molecular formula is C16H13F3O2. The lowest BCUT2D eigenvalue weighted by Crippen LogP contribution is -2.07. The van der Waals surface area contributed by atoms with E-state index < -0.39 is 11.7 Å². The Morgan fingerprint density at radius 3 is 2.33 bits per heavy atom. The highest BCUT2D eigenvalue weighted by molar-refractivity contribution is 5.96. The van der Waals surface area contributed by atoms with Crippen LogP contribution in [0.5, 0.6) is 5.75 Å². The maximum absolute atomic E-state index is 12.9. The summed E-state index contributed by atoms with van der Waals surface area (Å²) in [4.78, 5) is 11.4. The number of benzene rings is 2. The van der Waals surface area contributed by atoms with E-state index in [1.54, 1.807) is 0 Å². The lowest BCUT2D eigenvalue weighted by Gasteiger charge is -2.13. The Morgan fingerprint density at radius 1 is 1.10 bits per heavy atom. The summed E-state index contributed by atoms with van der Waals surface area (Å²) in [7, 11) is 0. The standard InChI is InChI=1S/C16H13F3O2/c1-9-3-4-12(8-14(9)16(17,18)19)13-7-11(10(2)20)5-6-15(13)21/h3-8,21H,1-2H3. The number of ketones is 1. The minimum atomic E-state index is -4.46. The molecule has 0 bridgehead atoms. The first-order valence-electron chi connectivity index (χ1n) is 6.22. The van der Waals surface area contributed by atoms with Gasteiger partial charge in [0.1, 0.15) is 5.75 Å². The molecular weight excluding hydrogens is 281 g/mol. The van der Waals surface area contributed by atoms with E-state index in [9.17, 15) is 23.1 Å². The van der Waals surface area contributed by atoms with Crippen molar-refractivity contribution in [2.24, 2.45) is 0 Å². The molecule has 2 aromatic rings. The zero-order valence-electron chi connectivity index (χ0n) is 11.5. The van der Waals surface area contributed by atoms with Crippen molar-refractivity contribution in [3.05, 3.63) is 53.1 Å².